The summed E-state index contributed by atoms with van der Waals surface area (Å²) in [5, 5.41) is 5.81. The quantitative estimate of drug-likeness (QED) is 0.679. The molecule has 0 spiro atoms. The molecule has 1 amide bonds. The standard InChI is InChI=1S/C15H16N2O2S/c1-11-5-6-13(8-12(11)2)19-10-15(18)17-16-9-14-4-3-7-20-14/h3-9H,10H2,1-2H3,(H,17,18)/b16-9-. The van der Waals surface area contributed by atoms with Gasteiger partial charge in [0.05, 0.1) is 6.21 Å². The second-order valence-electron chi connectivity index (χ2n) is 4.34. The molecule has 1 aromatic carbocycles. The number of hydrazone groups is 1. The number of carbonyl (C=O) groups excluding carboxylic acids is 1. The van der Waals surface area contributed by atoms with E-state index in [4.69, 9.17) is 4.74 Å². The van der Waals surface area contributed by atoms with Gasteiger partial charge in [-0.15, -0.1) is 11.3 Å². The van der Waals surface area contributed by atoms with Crippen LogP contribution in [0.5, 0.6) is 5.75 Å². The van der Waals surface area contributed by atoms with E-state index >= 15 is 0 Å². The van der Waals surface area contributed by atoms with Crippen LogP contribution in [0.4, 0.5) is 0 Å². The summed E-state index contributed by atoms with van der Waals surface area (Å²) < 4.78 is 5.41. The minimum absolute atomic E-state index is 0.0513. The summed E-state index contributed by atoms with van der Waals surface area (Å²) >= 11 is 1.56. The topological polar surface area (TPSA) is 50.7 Å². The average molecular weight is 288 g/mol. The molecule has 0 radical (unpaired) electrons. The van der Waals surface area contributed by atoms with E-state index in [1.54, 1.807) is 17.6 Å². The zero-order valence-corrected chi connectivity index (χ0v) is 12.2. The molecule has 0 fully saturated rings. The monoisotopic (exact) mass is 288 g/mol. The molecule has 104 valence electrons. The Labute approximate surface area is 122 Å². The Morgan fingerprint density at radius 1 is 1.35 bits per heavy atom. The molecular formula is C15H16N2O2S. The summed E-state index contributed by atoms with van der Waals surface area (Å²) in [6.45, 7) is 3.99. The van der Waals surface area contributed by atoms with Crippen LogP contribution in [0, 0.1) is 13.8 Å². The maximum Gasteiger partial charge on any atom is 0.277 e. The fourth-order valence-corrected chi connectivity index (χ4v) is 2.10. The van der Waals surface area contributed by atoms with Gasteiger partial charge in [0.2, 0.25) is 0 Å². The predicted molar refractivity (Wildman–Crippen MR) is 81.5 cm³/mol. The highest BCUT2D eigenvalue weighted by Gasteiger charge is 2.02. The van der Waals surface area contributed by atoms with Crippen LogP contribution in [0.15, 0.2) is 40.8 Å². The summed E-state index contributed by atoms with van der Waals surface area (Å²) in [7, 11) is 0. The minimum atomic E-state index is -0.281. The minimum Gasteiger partial charge on any atom is -0.484 e. The number of rotatable bonds is 5. The molecule has 0 aliphatic rings. The van der Waals surface area contributed by atoms with Crippen molar-refractivity contribution in [3.8, 4) is 5.75 Å². The van der Waals surface area contributed by atoms with Gasteiger partial charge in [0.15, 0.2) is 6.61 Å². The number of hydrogen-bond acceptors (Lipinski definition) is 4. The van der Waals surface area contributed by atoms with Gasteiger partial charge in [-0.1, -0.05) is 12.1 Å². The van der Waals surface area contributed by atoms with E-state index < -0.39 is 0 Å². The largest absolute Gasteiger partial charge is 0.484 e. The van der Waals surface area contributed by atoms with Gasteiger partial charge in [0, 0.05) is 4.88 Å². The van der Waals surface area contributed by atoms with E-state index in [0.717, 1.165) is 10.4 Å². The summed E-state index contributed by atoms with van der Waals surface area (Å²) in [6, 6.07) is 9.59. The lowest BCUT2D eigenvalue weighted by molar-refractivity contribution is -0.123. The molecule has 20 heavy (non-hydrogen) atoms. The average Bonchev–Trinajstić information content (AvgIpc) is 2.93. The zero-order valence-electron chi connectivity index (χ0n) is 11.4. The fraction of sp³-hybridized carbons (Fsp3) is 0.200. The Morgan fingerprint density at radius 3 is 2.90 bits per heavy atom. The molecule has 0 saturated heterocycles. The van der Waals surface area contributed by atoms with Crippen molar-refractivity contribution in [3.63, 3.8) is 0 Å². The zero-order chi connectivity index (χ0) is 14.4. The maximum atomic E-state index is 11.6. The lowest BCUT2D eigenvalue weighted by Gasteiger charge is -2.07. The lowest BCUT2D eigenvalue weighted by Crippen LogP contribution is -2.24. The predicted octanol–water partition coefficient (Wildman–Crippen LogP) is 2.89. The molecule has 1 aromatic heterocycles. The normalized spacial score (nSPS) is 10.7. The van der Waals surface area contributed by atoms with Crippen molar-refractivity contribution in [2.24, 2.45) is 5.10 Å². The van der Waals surface area contributed by atoms with E-state index in [9.17, 15) is 4.79 Å². The van der Waals surface area contributed by atoms with Crippen molar-refractivity contribution in [2.75, 3.05) is 6.61 Å². The third-order valence-corrected chi connectivity index (χ3v) is 3.58. The number of hydrogen-bond donors (Lipinski definition) is 1. The van der Waals surface area contributed by atoms with Crippen molar-refractivity contribution < 1.29 is 9.53 Å². The smallest absolute Gasteiger partial charge is 0.277 e. The molecule has 0 atom stereocenters. The van der Waals surface area contributed by atoms with Gasteiger partial charge >= 0.3 is 0 Å². The molecule has 0 aliphatic carbocycles. The molecule has 4 nitrogen and oxygen atoms in total. The van der Waals surface area contributed by atoms with Crippen molar-refractivity contribution in [2.45, 2.75) is 13.8 Å². The molecule has 0 unspecified atom stereocenters. The van der Waals surface area contributed by atoms with Gasteiger partial charge in [0.25, 0.3) is 5.91 Å². The second-order valence-corrected chi connectivity index (χ2v) is 5.32. The van der Waals surface area contributed by atoms with Crippen molar-refractivity contribution in [3.05, 3.63) is 51.7 Å². The maximum absolute atomic E-state index is 11.6. The number of carbonyl (C=O) groups is 1. The number of nitrogens with one attached hydrogen (secondary N) is 1. The van der Waals surface area contributed by atoms with Crippen molar-refractivity contribution in [1.29, 1.82) is 0 Å². The van der Waals surface area contributed by atoms with E-state index in [0.29, 0.717) is 5.75 Å². The van der Waals surface area contributed by atoms with Gasteiger partial charge < -0.3 is 4.74 Å². The number of amides is 1. The summed E-state index contributed by atoms with van der Waals surface area (Å²) in [5.74, 6) is 0.404. The fourth-order valence-electron chi connectivity index (χ4n) is 1.52. The van der Waals surface area contributed by atoms with Crippen LogP contribution in [-0.2, 0) is 4.79 Å². The first-order valence-electron chi connectivity index (χ1n) is 6.20. The number of aryl methyl sites for hydroxylation is 2. The van der Waals surface area contributed by atoms with Gasteiger partial charge in [0.1, 0.15) is 5.75 Å². The summed E-state index contributed by atoms with van der Waals surface area (Å²) in [6.07, 6.45) is 1.61. The number of ether oxygens (including phenoxy) is 1. The third kappa shape index (κ3) is 4.20. The van der Waals surface area contributed by atoms with Crippen molar-refractivity contribution >= 4 is 23.5 Å². The number of nitrogens with zero attached hydrogens (tertiary/aromatic N) is 1. The van der Waals surface area contributed by atoms with Crippen LogP contribution in [0.1, 0.15) is 16.0 Å². The van der Waals surface area contributed by atoms with Crippen LogP contribution < -0.4 is 10.2 Å². The number of thiophene rings is 1. The van der Waals surface area contributed by atoms with Crippen LogP contribution in [0.2, 0.25) is 0 Å². The molecule has 1 heterocycles. The number of benzene rings is 1. The first kappa shape index (κ1) is 14.3. The molecule has 2 rings (SSSR count). The summed E-state index contributed by atoms with van der Waals surface area (Å²) in [4.78, 5) is 12.5. The molecule has 5 heteroatoms. The molecule has 0 aliphatic heterocycles. The van der Waals surface area contributed by atoms with Gasteiger partial charge in [-0.25, -0.2) is 5.43 Å². The molecule has 0 bridgehead atoms. The van der Waals surface area contributed by atoms with E-state index in [1.165, 1.54) is 5.56 Å². The highest BCUT2D eigenvalue weighted by molar-refractivity contribution is 7.11. The van der Waals surface area contributed by atoms with Gasteiger partial charge in [-0.2, -0.15) is 5.10 Å². The van der Waals surface area contributed by atoms with Crippen LogP contribution in [0.25, 0.3) is 0 Å². The van der Waals surface area contributed by atoms with E-state index in [2.05, 4.69) is 10.5 Å². The van der Waals surface area contributed by atoms with Crippen LogP contribution >= 0.6 is 11.3 Å². The SMILES string of the molecule is Cc1ccc(OCC(=O)N/N=C\c2cccs2)cc1C. The Morgan fingerprint density at radius 2 is 2.20 bits per heavy atom. The van der Waals surface area contributed by atoms with Crippen LogP contribution in [0.3, 0.4) is 0 Å². The summed E-state index contributed by atoms with van der Waals surface area (Å²) in [5.41, 5.74) is 4.76. The van der Waals surface area contributed by atoms with Crippen molar-refractivity contribution in [1.82, 2.24) is 5.43 Å². The molecular weight excluding hydrogens is 272 g/mol. The Balaban J connectivity index is 1.78. The van der Waals surface area contributed by atoms with E-state index in [-0.39, 0.29) is 12.5 Å². The Kier molecular flexibility index (Phi) is 4.90. The van der Waals surface area contributed by atoms with E-state index in [1.807, 2.05) is 49.6 Å². The highest BCUT2D eigenvalue weighted by atomic mass is 32.1. The third-order valence-electron chi connectivity index (χ3n) is 2.77. The Bertz CT molecular complexity index is 606. The van der Waals surface area contributed by atoms with Gasteiger partial charge in [-0.3, -0.25) is 4.79 Å². The molecule has 0 saturated carbocycles. The van der Waals surface area contributed by atoms with Crippen LogP contribution in [-0.4, -0.2) is 18.7 Å². The first-order chi connectivity index (χ1) is 9.65. The Hall–Kier alpha value is -2.14. The molecule has 2 aromatic rings. The van der Waals surface area contributed by atoms with Gasteiger partial charge in [-0.05, 0) is 48.6 Å². The lowest BCUT2D eigenvalue weighted by atomic mass is 10.1. The first-order valence-corrected chi connectivity index (χ1v) is 7.08. The highest BCUT2D eigenvalue weighted by Crippen LogP contribution is 2.16. The molecule has 1 N–H and O–H groups in total. The second kappa shape index (κ2) is 6.86.